The van der Waals surface area contributed by atoms with Crippen molar-refractivity contribution in [1.82, 2.24) is 14.9 Å². The van der Waals surface area contributed by atoms with Crippen molar-refractivity contribution in [2.45, 2.75) is 39.7 Å². The lowest BCUT2D eigenvalue weighted by Crippen LogP contribution is -2.28. The molecule has 0 aliphatic rings. The van der Waals surface area contributed by atoms with E-state index in [0.717, 1.165) is 40.6 Å². The average molecular weight is 390 g/mol. The average Bonchev–Trinajstić information content (AvgIpc) is 3.20. The van der Waals surface area contributed by atoms with Crippen molar-refractivity contribution in [2.24, 2.45) is 5.73 Å². The highest BCUT2D eigenvalue weighted by Crippen LogP contribution is 2.36. The van der Waals surface area contributed by atoms with Crippen LogP contribution in [-0.4, -0.2) is 34.5 Å². The second-order valence-electron chi connectivity index (χ2n) is 7.44. The highest BCUT2D eigenvalue weighted by molar-refractivity contribution is 7.18. The summed E-state index contributed by atoms with van der Waals surface area (Å²) in [5.74, 6) is 1.28. The molecule has 0 fully saturated rings. The number of thiophene rings is 2. The molecular weight excluding hydrogens is 362 g/mol. The zero-order chi connectivity index (χ0) is 18.9. The van der Waals surface area contributed by atoms with E-state index >= 15 is 0 Å². The van der Waals surface area contributed by atoms with Gasteiger partial charge in [-0.1, -0.05) is 27.7 Å². The molecule has 140 valence electrons. The fourth-order valence-electron chi connectivity index (χ4n) is 2.79. The lowest BCUT2D eigenvalue weighted by molar-refractivity contribution is 0.291. The summed E-state index contributed by atoms with van der Waals surface area (Å²) in [5.41, 5.74) is 12.1. The van der Waals surface area contributed by atoms with Gasteiger partial charge in [0.05, 0.1) is 10.3 Å². The van der Waals surface area contributed by atoms with Crippen molar-refractivity contribution >= 4 is 38.7 Å². The van der Waals surface area contributed by atoms with Crippen LogP contribution in [0.15, 0.2) is 18.2 Å². The van der Waals surface area contributed by atoms with E-state index in [0.29, 0.717) is 12.4 Å². The Morgan fingerprint density at radius 1 is 1.15 bits per heavy atom. The molecule has 0 spiro atoms. The maximum atomic E-state index is 6.25. The number of rotatable bonds is 6. The number of aromatic nitrogens is 2. The molecule has 7 heteroatoms. The molecule has 0 bridgehead atoms. The van der Waals surface area contributed by atoms with Gasteiger partial charge < -0.3 is 11.5 Å². The largest absolute Gasteiger partial charge is 0.383 e. The van der Waals surface area contributed by atoms with E-state index in [4.69, 9.17) is 16.5 Å². The molecule has 0 aliphatic carbocycles. The molecule has 3 rings (SSSR count). The van der Waals surface area contributed by atoms with Crippen LogP contribution in [0.5, 0.6) is 0 Å². The van der Waals surface area contributed by atoms with Gasteiger partial charge in [0.2, 0.25) is 0 Å². The van der Waals surface area contributed by atoms with Crippen molar-refractivity contribution in [3.63, 3.8) is 0 Å². The Morgan fingerprint density at radius 3 is 2.54 bits per heavy atom. The highest BCUT2D eigenvalue weighted by atomic mass is 32.1. The molecule has 0 saturated carbocycles. The first-order chi connectivity index (χ1) is 12.3. The van der Waals surface area contributed by atoms with Crippen LogP contribution in [0.3, 0.4) is 0 Å². The number of nitrogens with two attached hydrogens (primary N) is 2. The van der Waals surface area contributed by atoms with Gasteiger partial charge in [-0.15, -0.1) is 22.7 Å². The first-order valence-corrected chi connectivity index (χ1v) is 10.5. The number of likely N-dealkylation sites (N-methyl/N-ethyl adjacent to an activating group) is 1. The summed E-state index contributed by atoms with van der Waals surface area (Å²) in [6.07, 6.45) is 0. The van der Waals surface area contributed by atoms with Gasteiger partial charge in [-0.2, -0.15) is 0 Å². The quantitative estimate of drug-likeness (QED) is 0.664. The molecule has 0 aromatic carbocycles. The van der Waals surface area contributed by atoms with E-state index < -0.39 is 0 Å². The third-order valence-electron chi connectivity index (χ3n) is 4.31. The SMILES string of the molecule is CCN(CCN)Cc1cc2c(N)nc(-c3ccc(C(C)(C)C)s3)nc2s1. The highest BCUT2D eigenvalue weighted by Gasteiger charge is 2.19. The van der Waals surface area contributed by atoms with E-state index in [1.807, 2.05) is 0 Å². The molecule has 0 aliphatic heterocycles. The van der Waals surface area contributed by atoms with Crippen molar-refractivity contribution < 1.29 is 0 Å². The molecular formula is C19H27N5S2. The molecule has 0 atom stereocenters. The number of hydrogen-bond donors (Lipinski definition) is 2. The molecule has 0 radical (unpaired) electrons. The van der Waals surface area contributed by atoms with Gasteiger partial charge >= 0.3 is 0 Å². The van der Waals surface area contributed by atoms with Gasteiger partial charge in [-0.05, 0) is 30.2 Å². The summed E-state index contributed by atoms with van der Waals surface area (Å²) >= 11 is 3.43. The number of fused-ring (bicyclic) bond motifs is 1. The Hall–Kier alpha value is -1.54. The molecule has 26 heavy (non-hydrogen) atoms. The molecule has 3 heterocycles. The summed E-state index contributed by atoms with van der Waals surface area (Å²) in [4.78, 5) is 16.3. The molecule has 0 unspecified atom stereocenters. The molecule has 4 N–H and O–H groups in total. The van der Waals surface area contributed by atoms with E-state index in [9.17, 15) is 0 Å². The van der Waals surface area contributed by atoms with Gasteiger partial charge in [0.15, 0.2) is 5.82 Å². The predicted molar refractivity (Wildman–Crippen MR) is 114 cm³/mol. The van der Waals surface area contributed by atoms with Crippen LogP contribution in [0.25, 0.3) is 20.9 Å². The third kappa shape index (κ3) is 4.06. The Bertz CT molecular complexity index is 891. The van der Waals surface area contributed by atoms with Crippen LogP contribution >= 0.6 is 22.7 Å². The number of nitrogen functional groups attached to an aromatic ring is 1. The maximum Gasteiger partial charge on any atom is 0.173 e. The molecule has 0 amide bonds. The molecule has 3 aromatic rings. The van der Waals surface area contributed by atoms with Crippen LogP contribution < -0.4 is 11.5 Å². The summed E-state index contributed by atoms with van der Waals surface area (Å²) in [6, 6.07) is 6.38. The van der Waals surface area contributed by atoms with Crippen molar-refractivity contribution in [1.29, 1.82) is 0 Å². The fourth-order valence-corrected chi connectivity index (χ4v) is 4.87. The molecule has 0 saturated heterocycles. The van der Waals surface area contributed by atoms with Gasteiger partial charge in [-0.3, -0.25) is 4.90 Å². The Labute approximate surface area is 163 Å². The van der Waals surface area contributed by atoms with Crippen LogP contribution in [0.4, 0.5) is 5.82 Å². The van der Waals surface area contributed by atoms with E-state index in [1.165, 1.54) is 9.75 Å². The summed E-state index contributed by atoms with van der Waals surface area (Å²) < 4.78 is 0. The first kappa shape index (κ1) is 19.2. The number of hydrogen-bond acceptors (Lipinski definition) is 7. The zero-order valence-corrected chi connectivity index (χ0v) is 17.5. The Morgan fingerprint density at radius 2 is 1.92 bits per heavy atom. The second kappa shape index (κ2) is 7.60. The third-order valence-corrected chi connectivity index (χ3v) is 6.83. The minimum atomic E-state index is 0.126. The normalized spacial score (nSPS) is 12.4. The zero-order valence-electron chi connectivity index (χ0n) is 15.9. The summed E-state index contributed by atoms with van der Waals surface area (Å²) in [6.45, 7) is 12.2. The number of nitrogens with zero attached hydrogens (tertiary/aromatic N) is 3. The molecule has 3 aromatic heterocycles. The smallest absolute Gasteiger partial charge is 0.173 e. The number of anilines is 1. The summed E-state index contributed by atoms with van der Waals surface area (Å²) in [5, 5.41) is 0.949. The maximum absolute atomic E-state index is 6.25. The van der Waals surface area contributed by atoms with Gasteiger partial charge in [-0.25, -0.2) is 9.97 Å². The Balaban J connectivity index is 1.93. The Kier molecular flexibility index (Phi) is 5.62. The topological polar surface area (TPSA) is 81.1 Å². The fraction of sp³-hybridized carbons (Fsp3) is 0.474. The minimum absolute atomic E-state index is 0.126. The lowest BCUT2D eigenvalue weighted by atomic mass is 9.95. The van der Waals surface area contributed by atoms with Gasteiger partial charge in [0, 0.05) is 29.4 Å². The van der Waals surface area contributed by atoms with Gasteiger partial charge in [0.25, 0.3) is 0 Å². The van der Waals surface area contributed by atoms with Gasteiger partial charge in [0.1, 0.15) is 10.6 Å². The van der Waals surface area contributed by atoms with Crippen LogP contribution in [-0.2, 0) is 12.0 Å². The van der Waals surface area contributed by atoms with Crippen molar-refractivity contribution in [3.8, 4) is 10.7 Å². The predicted octanol–water partition coefficient (Wildman–Crippen LogP) is 4.08. The van der Waals surface area contributed by atoms with E-state index in [-0.39, 0.29) is 5.41 Å². The van der Waals surface area contributed by atoms with Crippen molar-refractivity contribution in [3.05, 3.63) is 28.0 Å². The minimum Gasteiger partial charge on any atom is -0.383 e. The monoisotopic (exact) mass is 389 g/mol. The second-order valence-corrected chi connectivity index (χ2v) is 9.63. The van der Waals surface area contributed by atoms with Crippen molar-refractivity contribution in [2.75, 3.05) is 25.4 Å². The summed E-state index contributed by atoms with van der Waals surface area (Å²) in [7, 11) is 0. The first-order valence-electron chi connectivity index (χ1n) is 8.91. The van der Waals surface area contributed by atoms with E-state index in [2.05, 4.69) is 55.8 Å². The van der Waals surface area contributed by atoms with Crippen LogP contribution in [0.2, 0.25) is 0 Å². The lowest BCUT2D eigenvalue weighted by Gasteiger charge is -2.17. The van der Waals surface area contributed by atoms with Crippen LogP contribution in [0, 0.1) is 0 Å². The van der Waals surface area contributed by atoms with Crippen LogP contribution in [0.1, 0.15) is 37.4 Å². The molecule has 5 nitrogen and oxygen atoms in total. The van der Waals surface area contributed by atoms with E-state index in [1.54, 1.807) is 22.7 Å². The standard InChI is InChI=1S/C19H27N5S2/c1-5-24(9-8-20)11-12-10-13-16(21)22-17(23-18(13)25-12)14-6-7-15(26-14)19(2,3)4/h6-7,10H,5,8-9,11,20H2,1-4H3,(H2,21,22,23).